The van der Waals surface area contributed by atoms with E-state index in [-0.39, 0.29) is 18.3 Å². The summed E-state index contributed by atoms with van der Waals surface area (Å²) in [5.41, 5.74) is 1.04. The number of benzene rings is 3. The first kappa shape index (κ1) is 27.5. The van der Waals surface area contributed by atoms with Crippen LogP contribution in [0, 0.1) is 0 Å². The van der Waals surface area contributed by atoms with E-state index in [0.717, 1.165) is 42.8 Å². The van der Waals surface area contributed by atoms with Crippen molar-refractivity contribution >= 4 is 11.0 Å². The van der Waals surface area contributed by atoms with Crippen molar-refractivity contribution in [1.82, 2.24) is 5.32 Å². The average Bonchev–Trinajstić information content (AvgIpc) is 3.48. The lowest BCUT2D eigenvalue weighted by Gasteiger charge is -2.21. The molecule has 5 nitrogen and oxygen atoms in total. The molecule has 1 fully saturated rings. The molecule has 0 aliphatic carbocycles. The molecule has 40 heavy (non-hydrogen) atoms. The maximum absolute atomic E-state index is 13.3. The maximum Gasteiger partial charge on any atom is 0.416 e. The van der Waals surface area contributed by atoms with Crippen molar-refractivity contribution in [3.8, 4) is 22.6 Å². The number of ether oxygens (including phenoxy) is 2. The molecule has 1 aliphatic rings. The Hall–Kier alpha value is -4.04. The van der Waals surface area contributed by atoms with Crippen LogP contribution in [-0.2, 0) is 12.6 Å². The van der Waals surface area contributed by atoms with E-state index in [0.29, 0.717) is 40.3 Å². The van der Waals surface area contributed by atoms with Gasteiger partial charge in [-0.2, -0.15) is 13.2 Å². The third kappa shape index (κ3) is 6.07. The van der Waals surface area contributed by atoms with Crippen molar-refractivity contribution in [2.45, 2.75) is 44.5 Å². The van der Waals surface area contributed by atoms with Crippen molar-refractivity contribution in [2.24, 2.45) is 0 Å². The van der Waals surface area contributed by atoms with Crippen LogP contribution in [0.1, 0.15) is 36.5 Å². The second-order valence-corrected chi connectivity index (χ2v) is 9.92. The highest BCUT2D eigenvalue weighted by Gasteiger charge is 2.30. The predicted octanol–water partition coefficient (Wildman–Crippen LogP) is 7.15. The van der Waals surface area contributed by atoms with Crippen LogP contribution in [0.4, 0.5) is 13.2 Å². The van der Waals surface area contributed by atoms with Crippen LogP contribution in [-0.4, -0.2) is 25.3 Å². The van der Waals surface area contributed by atoms with Crippen molar-refractivity contribution in [3.63, 3.8) is 0 Å². The Morgan fingerprint density at radius 1 is 1.07 bits per heavy atom. The fraction of sp³-hybridized carbons (Fsp3) is 0.281. The number of hydrogen-bond acceptors (Lipinski definition) is 5. The van der Waals surface area contributed by atoms with Crippen LogP contribution in [0.3, 0.4) is 0 Å². The Bertz CT molecular complexity index is 1540. The Morgan fingerprint density at radius 2 is 1.80 bits per heavy atom. The number of hydrogen-bond donors (Lipinski definition) is 1. The van der Waals surface area contributed by atoms with Gasteiger partial charge in [0.05, 0.1) is 11.1 Å². The van der Waals surface area contributed by atoms with Crippen LogP contribution >= 0.6 is 0 Å². The third-order valence-electron chi connectivity index (χ3n) is 7.15. The van der Waals surface area contributed by atoms with Gasteiger partial charge in [0.25, 0.3) is 0 Å². The number of alkyl halides is 3. The zero-order valence-electron chi connectivity index (χ0n) is 22.1. The Morgan fingerprint density at radius 3 is 2.45 bits per heavy atom. The van der Waals surface area contributed by atoms with Gasteiger partial charge in [0, 0.05) is 17.5 Å². The topological polar surface area (TPSA) is 60.7 Å². The predicted molar refractivity (Wildman–Crippen MR) is 149 cm³/mol. The first-order chi connectivity index (χ1) is 19.2. The molecule has 1 saturated heterocycles. The van der Waals surface area contributed by atoms with E-state index in [4.69, 9.17) is 13.9 Å². The van der Waals surface area contributed by atoms with Crippen LogP contribution in [0.2, 0.25) is 0 Å². The zero-order chi connectivity index (χ0) is 28.3. The molecule has 4 aromatic rings. The second kappa shape index (κ2) is 11.6. The van der Waals surface area contributed by atoms with E-state index in [9.17, 15) is 18.0 Å². The molecule has 2 unspecified atom stereocenters. The standard InChI is InChI=1S/C32H30F3NO4/c1-3-17-38-25-14-15-26-27(18-21-6-12-24(13-7-21)39-20(2)28-5-4-16-36-28)30(31(37)40-29(26)19-25)22-8-10-23(11-9-22)32(33,34)35/h3,6-15,19-20,28,36H,1,4-5,16-18H2,2H3. The SMILES string of the molecule is C=CCOc1ccc2c(Cc3ccc(OC(C)C4CCCN4)cc3)c(-c3ccc(C(F)(F)F)cc3)c(=O)oc2c1. The van der Waals surface area contributed by atoms with E-state index in [1.807, 2.05) is 24.3 Å². The molecule has 0 saturated carbocycles. The van der Waals surface area contributed by atoms with E-state index in [1.165, 1.54) is 12.1 Å². The van der Waals surface area contributed by atoms with Gasteiger partial charge in [0.2, 0.25) is 0 Å². The minimum absolute atomic E-state index is 0.0276. The molecule has 3 aromatic carbocycles. The molecule has 1 aromatic heterocycles. The fourth-order valence-corrected chi connectivity index (χ4v) is 5.09. The number of fused-ring (bicyclic) bond motifs is 1. The van der Waals surface area contributed by atoms with Gasteiger partial charge in [-0.3, -0.25) is 0 Å². The van der Waals surface area contributed by atoms with Gasteiger partial charge in [-0.1, -0.05) is 36.9 Å². The summed E-state index contributed by atoms with van der Waals surface area (Å²) in [6.07, 6.45) is -0.273. The molecule has 2 heterocycles. The van der Waals surface area contributed by atoms with Gasteiger partial charge in [-0.15, -0.1) is 0 Å². The molecule has 208 valence electrons. The van der Waals surface area contributed by atoms with E-state index < -0.39 is 17.4 Å². The quantitative estimate of drug-likeness (QED) is 0.177. The van der Waals surface area contributed by atoms with Gasteiger partial charge in [0.15, 0.2) is 0 Å². The normalized spacial score (nSPS) is 16.1. The molecule has 1 N–H and O–H groups in total. The van der Waals surface area contributed by atoms with E-state index in [1.54, 1.807) is 24.3 Å². The summed E-state index contributed by atoms with van der Waals surface area (Å²) in [6.45, 7) is 6.98. The summed E-state index contributed by atoms with van der Waals surface area (Å²) in [7, 11) is 0. The number of halogens is 3. The largest absolute Gasteiger partial charge is 0.489 e. The summed E-state index contributed by atoms with van der Waals surface area (Å²) >= 11 is 0. The van der Waals surface area contributed by atoms with Gasteiger partial charge in [-0.05, 0) is 85.8 Å². The minimum atomic E-state index is -4.48. The molecular formula is C32H30F3NO4. The first-order valence-corrected chi connectivity index (χ1v) is 13.2. The van der Waals surface area contributed by atoms with Crippen LogP contribution in [0.5, 0.6) is 11.5 Å². The molecule has 1 aliphatic heterocycles. The lowest BCUT2D eigenvalue weighted by Crippen LogP contribution is -2.36. The zero-order valence-corrected chi connectivity index (χ0v) is 22.1. The smallest absolute Gasteiger partial charge is 0.416 e. The molecule has 0 amide bonds. The Labute approximate surface area is 230 Å². The first-order valence-electron chi connectivity index (χ1n) is 13.2. The van der Waals surface area contributed by atoms with Crippen LogP contribution < -0.4 is 20.4 Å². The van der Waals surface area contributed by atoms with E-state index >= 15 is 0 Å². The van der Waals surface area contributed by atoms with Crippen LogP contribution in [0.15, 0.2) is 88.6 Å². The molecule has 2 atom stereocenters. The Kier molecular flexibility index (Phi) is 7.98. The summed E-state index contributed by atoms with van der Waals surface area (Å²) in [4.78, 5) is 13.3. The summed E-state index contributed by atoms with van der Waals surface area (Å²) in [5, 5.41) is 4.12. The van der Waals surface area contributed by atoms with Crippen molar-refractivity contribution < 1.29 is 27.1 Å². The van der Waals surface area contributed by atoms with Gasteiger partial charge in [0.1, 0.15) is 29.8 Å². The Balaban J connectivity index is 1.52. The molecule has 8 heteroatoms. The van der Waals surface area contributed by atoms with E-state index in [2.05, 4.69) is 18.8 Å². The highest BCUT2D eigenvalue weighted by Crippen LogP contribution is 2.34. The molecule has 0 spiro atoms. The van der Waals surface area contributed by atoms with Gasteiger partial charge < -0.3 is 19.2 Å². The molecule has 0 radical (unpaired) electrons. The minimum Gasteiger partial charge on any atom is -0.489 e. The highest BCUT2D eigenvalue weighted by atomic mass is 19.4. The van der Waals surface area contributed by atoms with Crippen molar-refractivity contribution in [2.75, 3.05) is 13.2 Å². The lowest BCUT2D eigenvalue weighted by atomic mass is 9.93. The summed E-state index contributed by atoms with van der Waals surface area (Å²) in [6, 6.07) is 17.7. The second-order valence-electron chi connectivity index (χ2n) is 9.92. The number of nitrogens with one attached hydrogen (secondary N) is 1. The molecular weight excluding hydrogens is 519 g/mol. The average molecular weight is 550 g/mol. The third-order valence-corrected chi connectivity index (χ3v) is 7.15. The van der Waals surface area contributed by atoms with Gasteiger partial charge >= 0.3 is 11.8 Å². The maximum atomic E-state index is 13.3. The fourth-order valence-electron chi connectivity index (χ4n) is 5.09. The summed E-state index contributed by atoms with van der Waals surface area (Å²) in [5.74, 6) is 1.26. The van der Waals surface area contributed by atoms with Gasteiger partial charge in [-0.25, -0.2) is 4.79 Å². The van der Waals surface area contributed by atoms with Crippen LogP contribution in [0.25, 0.3) is 22.1 Å². The molecule has 5 rings (SSSR count). The monoisotopic (exact) mass is 549 g/mol. The van der Waals surface area contributed by atoms with Crippen molar-refractivity contribution in [1.29, 1.82) is 0 Å². The molecule has 0 bridgehead atoms. The van der Waals surface area contributed by atoms with Crippen molar-refractivity contribution in [3.05, 3.63) is 106 Å². The summed E-state index contributed by atoms with van der Waals surface area (Å²) < 4.78 is 56.9. The highest BCUT2D eigenvalue weighted by molar-refractivity contribution is 5.88. The number of rotatable bonds is 9. The lowest BCUT2D eigenvalue weighted by molar-refractivity contribution is -0.137.